The molecule has 0 unspecified atom stereocenters. The fourth-order valence-electron chi connectivity index (χ4n) is 0.973. The van der Waals surface area contributed by atoms with Gasteiger partial charge in [0.15, 0.2) is 0 Å². The number of nitrogens with zero attached hydrogens (tertiary/aromatic N) is 1. The molecule has 1 aromatic rings. The van der Waals surface area contributed by atoms with Crippen LogP contribution in [0.3, 0.4) is 0 Å². The molecule has 1 aliphatic heterocycles. The van der Waals surface area contributed by atoms with Gasteiger partial charge in [0.05, 0.1) is 23.4 Å². The van der Waals surface area contributed by atoms with Crippen LogP contribution in [0.25, 0.3) is 0 Å². The van der Waals surface area contributed by atoms with E-state index in [2.05, 4.69) is 10.2 Å². The molecule has 0 spiro atoms. The minimum atomic E-state index is -0.659. The number of H-pyrrole nitrogens is 1. The average molecular weight is 142 g/mol. The summed E-state index contributed by atoms with van der Waals surface area (Å²) in [5.74, 6) is 1.35. The number of aromatic nitrogens is 2. The van der Waals surface area contributed by atoms with Gasteiger partial charge in [-0.25, -0.2) is 0 Å². The van der Waals surface area contributed by atoms with Crippen molar-refractivity contribution in [1.82, 2.24) is 10.2 Å². The van der Waals surface area contributed by atoms with Gasteiger partial charge in [0, 0.05) is 16.4 Å². The molecule has 1 atom stereocenters. The van der Waals surface area contributed by atoms with Crippen molar-refractivity contribution in [3.63, 3.8) is 0 Å². The molecule has 0 fully saturated rings. The summed E-state index contributed by atoms with van der Waals surface area (Å²) in [7, 11) is -0.659. The van der Waals surface area contributed by atoms with Crippen molar-refractivity contribution in [2.75, 3.05) is 0 Å². The predicted octanol–water partition coefficient (Wildman–Crippen LogP) is 0.172. The number of fused-ring (bicyclic) bond motifs is 1. The number of hydrogen-bond donors (Lipinski definition) is 1. The van der Waals surface area contributed by atoms with E-state index in [-0.39, 0.29) is 0 Å². The van der Waals surface area contributed by atoms with E-state index in [9.17, 15) is 4.21 Å². The van der Waals surface area contributed by atoms with Crippen LogP contribution >= 0.6 is 0 Å². The van der Waals surface area contributed by atoms with Gasteiger partial charge in [-0.2, -0.15) is 5.10 Å². The third-order valence-corrected chi connectivity index (χ3v) is 2.67. The molecule has 2 rings (SSSR count). The van der Waals surface area contributed by atoms with Gasteiger partial charge in [-0.15, -0.1) is 0 Å². The van der Waals surface area contributed by atoms with Crippen molar-refractivity contribution in [3.05, 3.63) is 17.5 Å². The first kappa shape index (κ1) is 5.17. The molecule has 1 N–H and O–H groups in total. The van der Waals surface area contributed by atoms with E-state index in [1.807, 2.05) is 0 Å². The van der Waals surface area contributed by atoms with Gasteiger partial charge in [-0.1, -0.05) is 0 Å². The molecule has 0 saturated carbocycles. The minimum absolute atomic E-state index is 0.659. The largest absolute Gasteiger partial charge is 0.281 e. The van der Waals surface area contributed by atoms with E-state index in [0.717, 1.165) is 11.3 Å². The lowest BCUT2D eigenvalue weighted by Crippen LogP contribution is -1.86. The molecule has 48 valence electrons. The zero-order chi connectivity index (χ0) is 6.27. The highest BCUT2D eigenvalue weighted by Gasteiger charge is 2.17. The third kappa shape index (κ3) is 0.702. The smallest absolute Gasteiger partial charge is 0.0659 e. The standard InChI is InChI=1S/C5H6N2OS/c8-9-2-4-1-6-7-5(4)3-9/h1H,2-3H2,(H,6,7)/t9-/m0/s1. The Hall–Kier alpha value is -0.640. The number of hydrogen-bond acceptors (Lipinski definition) is 2. The van der Waals surface area contributed by atoms with Gasteiger partial charge in [0.25, 0.3) is 0 Å². The van der Waals surface area contributed by atoms with Gasteiger partial charge in [-0.3, -0.25) is 9.31 Å². The topological polar surface area (TPSA) is 45.8 Å². The van der Waals surface area contributed by atoms with Crippen LogP contribution < -0.4 is 0 Å². The number of aromatic amines is 1. The maximum atomic E-state index is 10.8. The van der Waals surface area contributed by atoms with Crippen LogP contribution in [-0.4, -0.2) is 14.4 Å². The van der Waals surface area contributed by atoms with Crippen molar-refractivity contribution < 1.29 is 4.21 Å². The lowest BCUT2D eigenvalue weighted by Gasteiger charge is -1.80. The normalized spacial score (nSPS) is 24.2. The molecule has 0 saturated heterocycles. The monoisotopic (exact) mass is 142 g/mol. The van der Waals surface area contributed by atoms with Crippen LogP contribution in [0.1, 0.15) is 11.3 Å². The lowest BCUT2D eigenvalue weighted by atomic mass is 10.3. The van der Waals surface area contributed by atoms with Crippen LogP contribution in [-0.2, 0) is 22.3 Å². The first-order valence-electron chi connectivity index (χ1n) is 2.72. The summed E-state index contributed by atoms with van der Waals surface area (Å²) in [6.45, 7) is 0. The Labute approximate surface area is 54.9 Å². The molecule has 1 aromatic heterocycles. The minimum Gasteiger partial charge on any atom is -0.281 e. The van der Waals surface area contributed by atoms with E-state index < -0.39 is 10.8 Å². The zero-order valence-electron chi connectivity index (χ0n) is 4.76. The predicted molar refractivity (Wildman–Crippen MR) is 34.1 cm³/mol. The Morgan fingerprint density at radius 1 is 1.67 bits per heavy atom. The second-order valence-electron chi connectivity index (χ2n) is 2.10. The highest BCUT2D eigenvalue weighted by Crippen LogP contribution is 2.18. The van der Waals surface area contributed by atoms with Gasteiger partial charge in [0.1, 0.15) is 0 Å². The molecule has 2 heterocycles. The SMILES string of the molecule is O=[S@]1Cc2cn[nH]c2C1. The summed E-state index contributed by atoms with van der Waals surface area (Å²) in [4.78, 5) is 0. The Morgan fingerprint density at radius 2 is 2.56 bits per heavy atom. The highest BCUT2D eigenvalue weighted by molar-refractivity contribution is 7.83. The van der Waals surface area contributed by atoms with Crippen molar-refractivity contribution in [1.29, 1.82) is 0 Å². The summed E-state index contributed by atoms with van der Waals surface area (Å²) in [6.07, 6.45) is 1.75. The molecule has 9 heavy (non-hydrogen) atoms. The molecule has 0 radical (unpaired) electrons. The maximum Gasteiger partial charge on any atom is 0.0659 e. The van der Waals surface area contributed by atoms with Crippen LogP contribution in [0.2, 0.25) is 0 Å². The Balaban J connectivity index is 2.49. The van der Waals surface area contributed by atoms with Crippen LogP contribution in [0.5, 0.6) is 0 Å². The van der Waals surface area contributed by atoms with E-state index in [4.69, 9.17) is 0 Å². The number of rotatable bonds is 0. The van der Waals surface area contributed by atoms with Crippen molar-refractivity contribution in [2.45, 2.75) is 11.5 Å². The first-order valence-corrected chi connectivity index (χ1v) is 4.21. The number of nitrogens with one attached hydrogen (secondary N) is 1. The van der Waals surface area contributed by atoms with Crippen LogP contribution in [0, 0.1) is 0 Å². The lowest BCUT2D eigenvalue weighted by molar-refractivity contribution is 0.684. The summed E-state index contributed by atoms with van der Waals surface area (Å²) in [5, 5.41) is 6.62. The molecule has 0 amide bonds. The Kier molecular flexibility index (Phi) is 0.958. The highest BCUT2D eigenvalue weighted by atomic mass is 32.2. The maximum absolute atomic E-state index is 10.8. The van der Waals surface area contributed by atoms with E-state index in [1.54, 1.807) is 6.20 Å². The second-order valence-corrected chi connectivity index (χ2v) is 3.56. The van der Waals surface area contributed by atoms with Gasteiger partial charge < -0.3 is 0 Å². The van der Waals surface area contributed by atoms with Crippen molar-refractivity contribution >= 4 is 10.8 Å². The summed E-state index contributed by atoms with van der Waals surface area (Å²) >= 11 is 0. The molecule has 4 heteroatoms. The zero-order valence-corrected chi connectivity index (χ0v) is 5.57. The Bertz CT molecular complexity index is 233. The second kappa shape index (κ2) is 1.67. The molecule has 3 nitrogen and oxygen atoms in total. The third-order valence-electron chi connectivity index (χ3n) is 1.43. The van der Waals surface area contributed by atoms with Gasteiger partial charge >= 0.3 is 0 Å². The Morgan fingerprint density at radius 3 is 3.33 bits per heavy atom. The van der Waals surface area contributed by atoms with Crippen LogP contribution in [0.4, 0.5) is 0 Å². The summed E-state index contributed by atoms with van der Waals surface area (Å²) in [5.41, 5.74) is 2.17. The molecule has 0 aliphatic carbocycles. The van der Waals surface area contributed by atoms with Crippen molar-refractivity contribution in [3.8, 4) is 0 Å². The summed E-state index contributed by atoms with van der Waals surface area (Å²) in [6, 6.07) is 0. The molecular weight excluding hydrogens is 136 g/mol. The average Bonchev–Trinajstić information content (AvgIpc) is 2.22. The quantitative estimate of drug-likeness (QED) is 0.561. The molecule has 0 bridgehead atoms. The van der Waals surface area contributed by atoms with Gasteiger partial charge in [-0.05, 0) is 0 Å². The molecular formula is C5H6N2OS. The van der Waals surface area contributed by atoms with Crippen molar-refractivity contribution in [2.24, 2.45) is 0 Å². The van der Waals surface area contributed by atoms with E-state index >= 15 is 0 Å². The van der Waals surface area contributed by atoms with E-state index in [1.165, 1.54) is 0 Å². The van der Waals surface area contributed by atoms with Gasteiger partial charge in [0.2, 0.25) is 0 Å². The summed E-state index contributed by atoms with van der Waals surface area (Å²) < 4.78 is 10.8. The molecule has 0 aromatic carbocycles. The van der Waals surface area contributed by atoms with Crippen LogP contribution in [0.15, 0.2) is 6.20 Å². The fourth-order valence-corrected chi connectivity index (χ4v) is 2.24. The molecule has 1 aliphatic rings. The van der Waals surface area contributed by atoms with E-state index in [0.29, 0.717) is 11.5 Å². The fraction of sp³-hybridized carbons (Fsp3) is 0.400. The first-order chi connectivity index (χ1) is 4.36.